The summed E-state index contributed by atoms with van der Waals surface area (Å²) in [6, 6.07) is 17.3. The zero-order valence-corrected chi connectivity index (χ0v) is 16.9. The van der Waals surface area contributed by atoms with Crippen LogP contribution in [0.3, 0.4) is 0 Å². The van der Waals surface area contributed by atoms with Crippen molar-refractivity contribution >= 4 is 23.2 Å². The number of carbonyl (C=O) groups is 1. The van der Waals surface area contributed by atoms with Gasteiger partial charge in [0.25, 0.3) is 5.91 Å². The molecule has 0 aliphatic carbocycles. The summed E-state index contributed by atoms with van der Waals surface area (Å²) in [4.78, 5) is 12.4. The summed E-state index contributed by atoms with van der Waals surface area (Å²) in [5.41, 5.74) is 1.69. The Morgan fingerprint density at radius 1 is 1.04 bits per heavy atom. The highest BCUT2D eigenvalue weighted by Crippen LogP contribution is 2.16. The van der Waals surface area contributed by atoms with Gasteiger partial charge in [-0.15, -0.1) is 0 Å². The Morgan fingerprint density at radius 2 is 1.74 bits per heavy atom. The first kappa shape index (κ1) is 20.9. The number of nitrogens with one attached hydrogen (secondary N) is 2. The van der Waals surface area contributed by atoms with E-state index in [0.717, 1.165) is 30.6 Å². The van der Waals surface area contributed by atoms with Gasteiger partial charge in [0.05, 0.1) is 12.6 Å². The zero-order chi connectivity index (χ0) is 19.5. The second kappa shape index (κ2) is 11.3. The van der Waals surface area contributed by atoms with Crippen LogP contribution in [0.1, 0.15) is 61.5 Å². The normalized spacial score (nSPS) is 11.5. The van der Waals surface area contributed by atoms with Gasteiger partial charge in [-0.2, -0.15) is 0 Å². The molecule has 5 heteroatoms. The molecule has 2 N–H and O–H groups in total. The highest BCUT2D eigenvalue weighted by atomic mass is 32.1. The minimum Gasteiger partial charge on any atom is -0.494 e. The van der Waals surface area contributed by atoms with Crippen molar-refractivity contribution in [2.24, 2.45) is 0 Å². The van der Waals surface area contributed by atoms with Crippen LogP contribution in [-0.4, -0.2) is 17.6 Å². The Hall–Kier alpha value is -2.40. The Balaban J connectivity index is 1.85. The summed E-state index contributed by atoms with van der Waals surface area (Å²) in [5.74, 6) is 0.548. The highest BCUT2D eigenvalue weighted by molar-refractivity contribution is 7.80. The number of ether oxygens (including phenoxy) is 1. The van der Waals surface area contributed by atoms with E-state index in [4.69, 9.17) is 17.0 Å². The van der Waals surface area contributed by atoms with E-state index >= 15 is 0 Å². The maximum atomic E-state index is 12.4. The van der Waals surface area contributed by atoms with Crippen molar-refractivity contribution in [3.05, 3.63) is 65.7 Å². The van der Waals surface area contributed by atoms with Gasteiger partial charge in [-0.05, 0) is 54.9 Å². The summed E-state index contributed by atoms with van der Waals surface area (Å²) >= 11 is 5.31. The first-order valence-corrected chi connectivity index (χ1v) is 9.94. The van der Waals surface area contributed by atoms with E-state index in [-0.39, 0.29) is 11.9 Å². The van der Waals surface area contributed by atoms with E-state index in [9.17, 15) is 4.79 Å². The predicted octanol–water partition coefficient (Wildman–Crippen LogP) is 5.01. The SMILES string of the molecule is CCCCCOc1ccc(C(=O)NC(=S)NC(CC)c2ccccc2)cc1. The number of unbranched alkanes of at least 4 members (excludes halogenated alkanes) is 2. The number of hydrogen-bond acceptors (Lipinski definition) is 3. The van der Waals surface area contributed by atoms with Crippen LogP contribution in [0.25, 0.3) is 0 Å². The third-order valence-electron chi connectivity index (χ3n) is 4.28. The van der Waals surface area contributed by atoms with Crippen molar-refractivity contribution in [2.45, 2.75) is 45.6 Å². The number of amides is 1. The van der Waals surface area contributed by atoms with Crippen LogP contribution in [0.15, 0.2) is 54.6 Å². The molecule has 0 bridgehead atoms. The van der Waals surface area contributed by atoms with Gasteiger partial charge < -0.3 is 10.1 Å². The molecule has 2 rings (SSSR count). The lowest BCUT2D eigenvalue weighted by molar-refractivity contribution is 0.0976. The van der Waals surface area contributed by atoms with Crippen LogP contribution < -0.4 is 15.4 Å². The third-order valence-corrected chi connectivity index (χ3v) is 4.50. The van der Waals surface area contributed by atoms with Gasteiger partial charge in [0.15, 0.2) is 5.11 Å². The second-order valence-corrected chi connectivity index (χ2v) is 6.79. The van der Waals surface area contributed by atoms with Crippen molar-refractivity contribution in [3.63, 3.8) is 0 Å². The van der Waals surface area contributed by atoms with Gasteiger partial charge in [0.1, 0.15) is 5.75 Å². The molecule has 4 nitrogen and oxygen atoms in total. The van der Waals surface area contributed by atoms with Crippen molar-refractivity contribution in [2.75, 3.05) is 6.61 Å². The second-order valence-electron chi connectivity index (χ2n) is 6.38. The van der Waals surface area contributed by atoms with Crippen molar-refractivity contribution < 1.29 is 9.53 Å². The van der Waals surface area contributed by atoms with Crippen LogP contribution in [0.2, 0.25) is 0 Å². The number of hydrogen-bond donors (Lipinski definition) is 2. The Kier molecular flexibility index (Phi) is 8.78. The number of benzene rings is 2. The molecule has 2 aromatic carbocycles. The lowest BCUT2D eigenvalue weighted by Crippen LogP contribution is -2.40. The van der Waals surface area contributed by atoms with E-state index in [1.54, 1.807) is 12.1 Å². The molecule has 0 aliphatic rings. The Labute approximate surface area is 167 Å². The topological polar surface area (TPSA) is 50.4 Å². The molecule has 1 atom stereocenters. The first-order valence-electron chi connectivity index (χ1n) is 9.53. The summed E-state index contributed by atoms with van der Waals surface area (Å²) in [7, 11) is 0. The maximum Gasteiger partial charge on any atom is 0.257 e. The highest BCUT2D eigenvalue weighted by Gasteiger charge is 2.13. The van der Waals surface area contributed by atoms with E-state index in [0.29, 0.717) is 17.3 Å². The summed E-state index contributed by atoms with van der Waals surface area (Å²) in [5, 5.41) is 6.29. The smallest absolute Gasteiger partial charge is 0.257 e. The average molecular weight is 385 g/mol. The first-order chi connectivity index (χ1) is 13.1. The van der Waals surface area contributed by atoms with Crippen LogP contribution >= 0.6 is 12.2 Å². The molecular formula is C22H28N2O2S. The van der Waals surface area contributed by atoms with Gasteiger partial charge in [0, 0.05) is 5.56 Å². The quantitative estimate of drug-likeness (QED) is 0.471. The van der Waals surface area contributed by atoms with Crippen LogP contribution in [0.4, 0.5) is 0 Å². The van der Waals surface area contributed by atoms with E-state index in [2.05, 4.69) is 24.5 Å². The van der Waals surface area contributed by atoms with Crippen LogP contribution in [0.5, 0.6) is 5.75 Å². The molecule has 144 valence electrons. The van der Waals surface area contributed by atoms with Gasteiger partial charge in [-0.25, -0.2) is 0 Å². The minimum atomic E-state index is -0.229. The van der Waals surface area contributed by atoms with E-state index in [1.807, 2.05) is 42.5 Å². The molecular weight excluding hydrogens is 356 g/mol. The lowest BCUT2D eigenvalue weighted by atomic mass is 10.1. The maximum absolute atomic E-state index is 12.4. The number of rotatable bonds is 9. The largest absolute Gasteiger partial charge is 0.494 e. The number of thiocarbonyl (C=S) groups is 1. The summed E-state index contributed by atoms with van der Waals surface area (Å²) < 4.78 is 5.67. The fourth-order valence-corrected chi connectivity index (χ4v) is 2.96. The molecule has 0 aliphatic heterocycles. The Morgan fingerprint density at radius 3 is 2.37 bits per heavy atom. The van der Waals surface area contributed by atoms with Crippen molar-refractivity contribution in [1.29, 1.82) is 0 Å². The molecule has 0 fully saturated rings. The number of carbonyl (C=O) groups excluding carboxylic acids is 1. The molecule has 1 unspecified atom stereocenters. The molecule has 0 saturated heterocycles. The molecule has 0 spiro atoms. The van der Waals surface area contributed by atoms with Gasteiger partial charge in [0.2, 0.25) is 0 Å². The fourth-order valence-electron chi connectivity index (χ4n) is 2.72. The van der Waals surface area contributed by atoms with E-state index < -0.39 is 0 Å². The fraction of sp³-hybridized carbons (Fsp3) is 0.364. The van der Waals surface area contributed by atoms with Gasteiger partial charge in [-0.1, -0.05) is 57.0 Å². The molecule has 0 radical (unpaired) electrons. The zero-order valence-electron chi connectivity index (χ0n) is 16.0. The lowest BCUT2D eigenvalue weighted by Gasteiger charge is -2.19. The van der Waals surface area contributed by atoms with Gasteiger partial charge >= 0.3 is 0 Å². The molecule has 0 heterocycles. The molecule has 0 saturated carbocycles. The monoisotopic (exact) mass is 384 g/mol. The minimum absolute atomic E-state index is 0.0675. The predicted molar refractivity (Wildman–Crippen MR) is 114 cm³/mol. The van der Waals surface area contributed by atoms with Crippen LogP contribution in [0, 0.1) is 0 Å². The van der Waals surface area contributed by atoms with Crippen LogP contribution in [-0.2, 0) is 0 Å². The third kappa shape index (κ3) is 7.02. The van der Waals surface area contributed by atoms with Crippen molar-refractivity contribution in [3.8, 4) is 5.75 Å². The molecule has 2 aromatic rings. The molecule has 0 aromatic heterocycles. The average Bonchev–Trinajstić information content (AvgIpc) is 2.70. The van der Waals surface area contributed by atoms with Gasteiger partial charge in [-0.3, -0.25) is 10.1 Å². The Bertz CT molecular complexity index is 717. The molecule has 27 heavy (non-hydrogen) atoms. The standard InChI is InChI=1S/C22H28N2O2S/c1-3-5-9-16-26-19-14-12-18(13-15-19)21(25)24-22(27)23-20(4-2)17-10-7-6-8-11-17/h6-8,10-15,20H,3-5,9,16H2,1-2H3,(H2,23,24,25,27). The van der Waals surface area contributed by atoms with E-state index in [1.165, 1.54) is 6.42 Å². The molecule has 1 amide bonds. The summed E-state index contributed by atoms with van der Waals surface area (Å²) in [6.45, 7) is 4.94. The summed E-state index contributed by atoms with van der Waals surface area (Å²) in [6.07, 6.45) is 4.23. The van der Waals surface area contributed by atoms with Crippen molar-refractivity contribution in [1.82, 2.24) is 10.6 Å².